The lowest BCUT2D eigenvalue weighted by Crippen LogP contribution is -2.12. The van der Waals surface area contributed by atoms with Crippen molar-refractivity contribution in [3.63, 3.8) is 0 Å². The minimum absolute atomic E-state index is 0.107. The molecule has 0 aliphatic rings. The lowest BCUT2D eigenvalue weighted by atomic mass is 10.2. The average molecular weight is 263 g/mol. The summed E-state index contributed by atoms with van der Waals surface area (Å²) in [5.74, 6) is -1.47. The van der Waals surface area contributed by atoms with Crippen LogP contribution in [0.2, 0.25) is 0 Å². The van der Waals surface area contributed by atoms with Crippen LogP contribution in [0.15, 0.2) is 42.5 Å². The molecule has 2 nitrogen and oxygen atoms in total. The first-order valence-corrected chi connectivity index (χ1v) is 6.13. The van der Waals surface area contributed by atoms with E-state index in [-0.39, 0.29) is 5.75 Å². The summed E-state index contributed by atoms with van der Waals surface area (Å²) < 4.78 is 32.1. The predicted octanol–water partition coefficient (Wildman–Crippen LogP) is 3.87. The van der Waals surface area contributed by atoms with E-state index >= 15 is 0 Å². The van der Waals surface area contributed by atoms with Gasteiger partial charge in [-0.25, -0.2) is 4.39 Å². The Kier molecular flexibility index (Phi) is 4.47. The van der Waals surface area contributed by atoms with E-state index in [0.29, 0.717) is 12.3 Å². The highest BCUT2D eigenvalue weighted by Crippen LogP contribution is 2.28. The summed E-state index contributed by atoms with van der Waals surface area (Å²) in [5, 5.41) is 3.17. The second-order valence-electron chi connectivity index (χ2n) is 4.04. The fraction of sp³-hybridized carbons (Fsp3) is 0.200. The molecule has 0 aromatic heterocycles. The molecule has 1 N–H and O–H groups in total. The molecule has 0 heterocycles. The molecule has 0 aliphatic carbocycles. The first-order chi connectivity index (χ1) is 9.22. The Bertz CT molecular complexity index is 558. The van der Waals surface area contributed by atoms with Gasteiger partial charge in [-0.15, -0.1) is 0 Å². The lowest BCUT2D eigenvalue weighted by Gasteiger charge is -2.12. The summed E-state index contributed by atoms with van der Waals surface area (Å²) in [7, 11) is 0. The number of hydrogen-bond acceptors (Lipinski definition) is 2. The van der Waals surface area contributed by atoms with E-state index in [2.05, 4.69) is 5.32 Å². The summed E-state index contributed by atoms with van der Waals surface area (Å²) >= 11 is 0. The van der Waals surface area contributed by atoms with Crippen LogP contribution in [0.5, 0.6) is 11.5 Å². The molecule has 4 heteroatoms. The molecular formula is C15H15F2NO. The van der Waals surface area contributed by atoms with Crippen LogP contribution in [0.4, 0.5) is 8.78 Å². The molecule has 0 bridgehead atoms. The van der Waals surface area contributed by atoms with E-state index in [0.717, 1.165) is 18.2 Å². The van der Waals surface area contributed by atoms with Crippen molar-refractivity contribution >= 4 is 0 Å². The third kappa shape index (κ3) is 3.29. The first kappa shape index (κ1) is 13.5. The third-order valence-electron chi connectivity index (χ3n) is 2.67. The largest absolute Gasteiger partial charge is 0.454 e. The van der Waals surface area contributed by atoms with E-state index in [9.17, 15) is 8.78 Å². The molecule has 0 saturated carbocycles. The van der Waals surface area contributed by atoms with Crippen LogP contribution < -0.4 is 10.1 Å². The summed E-state index contributed by atoms with van der Waals surface area (Å²) in [6.45, 7) is 3.43. The minimum atomic E-state index is -0.972. The summed E-state index contributed by atoms with van der Waals surface area (Å²) in [4.78, 5) is 0. The lowest BCUT2D eigenvalue weighted by molar-refractivity contribution is 0.412. The molecule has 0 spiro atoms. The van der Waals surface area contributed by atoms with Crippen LogP contribution in [0.3, 0.4) is 0 Å². The Morgan fingerprint density at radius 3 is 2.53 bits per heavy atom. The molecule has 0 radical (unpaired) electrons. The molecule has 2 aromatic carbocycles. The van der Waals surface area contributed by atoms with Gasteiger partial charge in [0, 0.05) is 12.1 Å². The Labute approximate surface area is 111 Å². The van der Waals surface area contributed by atoms with E-state index in [1.54, 1.807) is 12.1 Å². The van der Waals surface area contributed by atoms with Crippen LogP contribution in [0, 0.1) is 11.6 Å². The predicted molar refractivity (Wildman–Crippen MR) is 70.3 cm³/mol. The Morgan fingerprint density at radius 2 is 1.74 bits per heavy atom. The number of rotatable bonds is 5. The van der Waals surface area contributed by atoms with Gasteiger partial charge in [0.05, 0.1) is 0 Å². The van der Waals surface area contributed by atoms with Crippen LogP contribution in [-0.4, -0.2) is 6.54 Å². The maximum absolute atomic E-state index is 13.6. The smallest absolute Gasteiger partial charge is 0.201 e. The fourth-order valence-corrected chi connectivity index (χ4v) is 1.69. The van der Waals surface area contributed by atoms with Gasteiger partial charge in [-0.2, -0.15) is 4.39 Å². The normalized spacial score (nSPS) is 10.5. The van der Waals surface area contributed by atoms with E-state index < -0.39 is 11.6 Å². The number of para-hydroxylation sites is 1. The molecule has 0 saturated heterocycles. The van der Waals surface area contributed by atoms with Gasteiger partial charge < -0.3 is 10.1 Å². The van der Waals surface area contributed by atoms with Crippen LogP contribution in [-0.2, 0) is 6.54 Å². The second kappa shape index (κ2) is 6.29. The highest BCUT2D eigenvalue weighted by molar-refractivity contribution is 5.38. The number of benzene rings is 2. The molecule has 0 aliphatic heterocycles. The van der Waals surface area contributed by atoms with Crippen LogP contribution >= 0.6 is 0 Å². The summed E-state index contributed by atoms with van der Waals surface area (Å²) in [6.07, 6.45) is 0. The maximum Gasteiger partial charge on any atom is 0.201 e. The van der Waals surface area contributed by atoms with Crippen LogP contribution in [0.25, 0.3) is 0 Å². The number of ether oxygens (including phenoxy) is 1. The fourth-order valence-electron chi connectivity index (χ4n) is 1.69. The summed E-state index contributed by atoms with van der Waals surface area (Å²) in [6, 6.07) is 11.2. The van der Waals surface area contributed by atoms with Gasteiger partial charge in [-0.3, -0.25) is 0 Å². The highest BCUT2D eigenvalue weighted by Gasteiger charge is 2.11. The first-order valence-electron chi connectivity index (χ1n) is 6.13. The Hall–Kier alpha value is -1.94. The third-order valence-corrected chi connectivity index (χ3v) is 2.67. The number of hydrogen-bond donors (Lipinski definition) is 1. The quantitative estimate of drug-likeness (QED) is 0.884. The van der Waals surface area contributed by atoms with Crippen molar-refractivity contribution in [2.75, 3.05) is 6.54 Å². The van der Waals surface area contributed by atoms with Crippen LogP contribution in [0.1, 0.15) is 12.5 Å². The standard InChI is InChI=1S/C15H15F2NO/c1-2-18-10-11-6-3-4-8-13(11)19-14-9-5-7-12(16)15(14)17/h3-9,18H,2,10H2,1H3. The van der Waals surface area contributed by atoms with Crippen molar-refractivity contribution in [1.29, 1.82) is 0 Å². The van der Waals surface area contributed by atoms with Gasteiger partial charge in [0.2, 0.25) is 5.82 Å². The van der Waals surface area contributed by atoms with Gasteiger partial charge in [-0.05, 0) is 24.7 Å². The van der Waals surface area contributed by atoms with Crippen molar-refractivity contribution in [2.24, 2.45) is 0 Å². The molecule has 2 rings (SSSR count). The van der Waals surface area contributed by atoms with E-state index in [1.165, 1.54) is 12.1 Å². The number of nitrogens with one attached hydrogen (secondary N) is 1. The Balaban J connectivity index is 2.25. The highest BCUT2D eigenvalue weighted by atomic mass is 19.2. The average Bonchev–Trinajstić information content (AvgIpc) is 2.43. The van der Waals surface area contributed by atoms with Crippen molar-refractivity contribution in [2.45, 2.75) is 13.5 Å². The van der Waals surface area contributed by atoms with Gasteiger partial charge in [0.15, 0.2) is 11.6 Å². The van der Waals surface area contributed by atoms with Gasteiger partial charge in [0.1, 0.15) is 5.75 Å². The molecular weight excluding hydrogens is 248 g/mol. The number of halogens is 2. The Morgan fingerprint density at radius 1 is 1.00 bits per heavy atom. The molecule has 100 valence electrons. The SMILES string of the molecule is CCNCc1ccccc1Oc1cccc(F)c1F. The molecule has 0 amide bonds. The van der Waals surface area contributed by atoms with Crippen molar-refractivity contribution < 1.29 is 13.5 Å². The van der Waals surface area contributed by atoms with E-state index in [1.807, 2.05) is 19.1 Å². The van der Waals surface area contributed by atoms with Crippen molar-refractivity contribution in [3.05, 3.63) is 59.7 Å². The monoisotopic (exact) mass is 263 g/mol. The molecule has 0 unspecified atom stereocenters. The zero-order valence-corrected chi connectivity index (χ0v) is 10.6. The maximum atomic E-state index is 13.6. The zero-order chi connectivity index (χ0) is 13.7. The topological polar surface area (TPSA) is 21.3 Å². The van der Waals surface area contributed by atoms with Gasteiger partial charge >= 0.3 is 0 Å². The van der Waals surface area contributed by atoms with Gasteiger partial charge in [0.25, 0.3) is 0 Å². The molecule has 19 heavy (non-hydrogen) atoms. The van der Waals surface area contributed by atoms with Gasteiger partial charge in [-0.1, -0.05) is 31.2 Å². The molecule has 2 aromatic rings. The minimum Gasteiger partial charge on any atom is -0.454 e. The van der Waals surface area contributed by atoms with Crippen molar-refractivity contribution in [1.82, 2.24) is 5.32 Å². The van der Waals surface area contributed by atoms with E-state index in [4.69, 9.17) is 4.74 Å². The molecule has 0 fully saturated rings. The second-order valence-corrected chi connectivity index (χ2v) is 4.04. The molecule has 0 atom stereocenters. The zero-order valence-electron chi connectivity index (χ0n) is 10.6. The summed E-state index contributed by atoms with van der Waals surface area (Å²) in [5.41, 5.74) is 0.896. The van der Waals surface area contributed by atoms with Crippen molar-refractivity contribution in [3.8, 4) is 11.5 Å².